The second-order valence-corrected chi connectivity index (χ2v) is 7.60. The third-order valence-corrected chi connectivity index (χ3v) is 5.14. The van der Waals surface area contributed by atoms with Crippen LogP contribution in [0.4, 0.5) is 18.0 Å². The highest BCUT2D eigenvalue weighted by molar-refractivity contribution is 8.14. The van der Waals surface area contributed by atoms with Gasteiger partial charge in [-0.3, -0.25) is 9.69 Å². The number of nitrogens with zero attached hydrogens (tertiary/aromatic N) is 1. The number of carbonyl (C=O) groups excluding carboxylic acids is 1. The molecule has 0 radical (unpaired) electrons. The average Bonchev–Trinajstić information content (AvgIpc) is 2.87. The fourth-order valence-electron chi connectivity index (χ4n) is 2.98. The molecule has 0 bridgehead atoms. The number of halogens is 3. The molecule has 1 atom stereocenters. The van der Waals surface area contributed by atoms with Crippen molar-refractivity contribution in [1.82, 2.24) is 4.90 Å². The quantitative estimate of drug-likeness (QED) is 0.787. The molecule has 0 aliphatic carbocycles. The van der Waals surface area contributed by atoms with E-state index in [1.807, 2.05) is 0 Å². The molecule has 27 heavy (non-hydrogen) atoms. The smallest absolute Gasteiger partial charge is 0.278 e. The van der Waals surface area contributed by atoms with Crippen LogP contribution >= 0.6 is 11.8 Å². The van der Waals surface area contributed by atoms with Crippen LogP contribution in [0.5, 0.6) is 5.75 Å². The minimum Gasteiger partial charge on any atom is -0.489 e. The Morgan fingerprint density at radius 3 is 2.63 bits per heavy atom. The van der Waals surface area contributed by atoms with E-state index in [0.717, 1.165) is 17.3 Å². The van der Waals surface area contributed by atoms with Crippen molar-refractivity contribution < 1.29 is 22.7 Å². The number of carbonyl (C=O) groups is 1. The van der Waals surface area contributed by atoms with Crippen LogP contribution in [0.15, 0.2) is 48.5 Å². The first-order valence-electron chi connectivity index (χ1n) is 8.35. The molecule has 2 aromatic carbocycles. The van der Waals surface area contributed by atoms with Gasteiger partial charge in [0.25, 0.3) is 11.2 Å². The average molecular weight is 396 g/mol. The lowest BCUT2D eigenvalue weighted by Crippen LogP contribution is -2.29. The van der Waals surface area contributed by atoms with Crippen molar-refractivity contribution in [3.63, 3.8) is 0 Å². The number of ether oxygens (including phenoxy) is 1. The number of thioether (sulfide) groups is 1. The fourth-order valence-corrected chi connectivity index (χ4v) is 3.87. The van der Waals surface area contributed by atoms with Gasteiger partial charge in [-0.05, 0) is 47.2 Å². The third kappa shape index (κ3) is 5.64. The Morgan fingerprint density at radius 1 is 1.22 bits per heavy atom. The first kappa shape index (κ1) is 19.6. The van der Waals surface area contributed by atoms with Crippen molar-refractivity contribution in [3.8, 4) is 5.75 Å². The van der Waals surface area contributed by atoms with Crippen molar-refractivity contribution in [2.75, 3.05) is 6.54 Å². The van der Waals surface area contributed by atoms with Crippen molar-refractivity contribution in [1.29, 1.82) is 0 Å². The Labute approximate surface area is 159 Å². The molecule has 1 aliphatic rings. The Kier molecular flexibility index (Phi) is 5.96. The van der Waals surface area contributed by atoms with Crippen LogP contribution in [-0.4, -0.2) is 28.0 Å². The molecular formula is C19H19F3N2O2S. The lowest BCUT2D eigenvalue weighted by molar-refractivity contribution is 0.0114. The minimum atomic E-state index is -2.83. The Bertz CT molecular complexity index is 802. The summed E-state index contributed by atoms with van der Waals surface area (Å²) >= 11 is 0.731. The highest BCUT2D eigenvalue weighted by Crippen LogP contribution is 2.38. The second-order valence-electron chi connectivity index (χ2n) is 6.42. The van der Waals surface area contributed by atoms with E-state index < -0.39 is 29.5 Å². The van der Waals surface area contributed by atoms with Gasteiger partial charge in [0.15, 0.2) is 0 Å². The number of likely N-dealkylation sites (tertiary alicyclic amines) is 1. The van der Waals surface area contributed by atoms with Gasteiger partial charge in [0.1, 0.15) is 18.2 Å². The van der Waals surface area contributed by atoms with Crippen LogP contribution in [0.25, 0.3) is 0 Å². The Hall–Kier alpha value is -2.19. The van der Waals surface area contributed by atoms with Crippen LogP contribution in [0, 0.1) is 5.82 Å². The molecule has 4 nitrogen and oxygen atoms in total. The maximum Gasteiger partial charge on any atom is 0.278 e. The van der Waals surface area contributed by atoms with Gasteiger partial charge in [-0.2, -0.15) is 0 Å². The number of hydrogen-bond acceptors (Lipinski definition) is 4. The minimum absolute atomic E-state index is 0.229. The zero-order valence-corrected chi connectivity index (χ0v) is 15.2. The molecule has 8 heteroatoms. The van der Waals surface area contributed by atoms with Gasteiger partial charge >= 0.3 is 0 Å². The normalized spacial score (nSPS) is 19.1. The molecule has 0 aromatic heterocycles. The zero-order valence-electron chi connectivity index (χ0n) is 14.4. The van der Waals surface area contributed by atoms with Crippen molar-refractivity contribution in [3.05, 3.63) is 65.5 Å². The van der Waals surface area contributed by atoms with E-state index in [1.54, 1.807) is 41.3 Å². The predicted molar refractivity (Wildman–Crippen MR) is 98.1 cm³/mol. The highest BCUT2D eigenvalue weighted by atomic mass is 32.2. The first-order chi connectivity index (χ1) is 12.8. The standard InChI is InChI=1S/C19H19F3N2O2S/c20-15-3-1-2-14(8-15)11-26-16-6-4-13(5-7-16)10-24-12-19(21,22)9-17(24)27-18(23)25/h1-8,17H,9-12H2,(H2,23,25). The van der Waals surface area contributed by atoms with E-state index in [0.29, 0.717) is 11.3 Å². The van der Waals surface area contributed by atoms with Crippen LogP contribution in [-0.2, 0) is 13.2 Å². The van der Waals surface area contributed by atoms with E-state index in [1.165, 1.54) is 12.1 Å². The molecule has 0 saturated carbocycles. The van der Waals surface area contributed by atoms with Crippen LogP contribution < -0.4 is 10.5 Å². The van der Waals surface area contributed by atoms with Gasteiger partial charge < -0.3 is 10.5 Å². The van der Waals surface area contributed by atoms with Crippen LogP contribution in [0.1, 0.15) is 17.5 Å². The van der Waals surface area contributed by atoms with Gasteiger partial charge in [-0.25, -0.2) is 13.2 Å². The molecule has 0 spiro atoms. The molecule has 1 amide bonds. The molecule has 1 heterocycles. The molecule has 1 saturated heterocycles. The molecular weight excluding hydrogens is 377 g/mol. The largest absolute Gasteiger partial charge is 0.489 e. The lowest BCUT2D eigenvalue weighted by atomic mass is 10.2. The molecule has 1 unspecified atom stereocenters. The third-order valence-electron chi connectivity index (χ3n) is 4.17. The fraction of sp³-hybridized carbons (Fsp3) is 0.316. The number of primary amides is 1. The summed E-state index contributed by atoms with van der Waals surface area (Å²) in [6, 6.07) is 13.2. The number of benzene rings is 2. The Morgan fingerprint density at radius 2 is 1.96 bits per heavy atom. The molecule has 1 aliphatic heterocycles. The maximum atomic E-state index is 13.7. The van der Waals surface area contributed by atoms with Crippen molar-refractivity contribution in [2.24, 2.45) is 5.73 Å². The number of alkyl halides is 2. The summed E-state index contributed by atoms with van der Waals surface area (Å²) in [7, 11) is 0. The van der Waals surface area contributed by atoms with Gasteiger partial charge in [0, 0.05) is 13.0 Å². The maximum absolute atomic E-state index is 13.7. The molecule has 144 valence electrons. The summed E-state index contributed by atoms with van der Waals surface area (Å²) in [6.45, 7) is 0.104. The van der Waals surface area contributed by atoms with Crippen molar-refractivity contribution in [2.45, 2.75) is 30.9 Å². The van der Waals surface area contributed by atoms with Gasteiger partial charge in [-0.1, -0.05) is 24.3 Å². The summed E-state index contributed by atoms with van der Waals surface area (Å²) in [5.74, 6) is -2.56. The topological polar surface area (TPSA) is 55.6 Å². The van der Waals surface area contributed by atoms with Crippen LogP contribution in [0.3, 0.4) is 0 Å². The predicted octanol–water partition coefficient (Wildman–Crippen LogP) is 4.38. The van der Waals surface area contributed by atoms with E-state index in [2.05, 4.69) is 0 Å². The molecule has 2 N–H and O–H groups in total. The number of amides is 1. The number of hydrogen-bond donors (Lipinski definition) is 1. The monoisotopic (exact) mass is 396 g/mol. The molecule has 1 fully saturated rings. The highest BCUT2D eigenvalue weighted by Gasteiger charge is 2.45. The van der Waals surface area contributed by atoms with Gasteiger partial charge in [0.05, 0.1) is 11.9 Å². The van der Waals surface area contributed by atoms with E-state index >= 15 is 0 Å². The summed E-state index contributed by atoms with van der Waals surface area (Å²) in [5, 5.41) is -1.30. The van der Waals surface area contributed by atoms with E-state index in [9.17, 15) is 18.0 Å². The van der Waals surface area contributed by atoms with Crippen molar-refractivity contribution >= 4 is 17.0 Å². The number of rotatable bonds is 6. The first-order valence-corrected chi connectivity index (χ1v) is 9.23. The zero-order chi connectivity index (χ0) is 19.4. The molecule has 2 aromatic rings. The summed E-state index contributed by atoms with van der Waals surface area (Å²) in [5.41, 5.74) is 6.67. The SMILES string of the molecule is NC(=O)SC1CC(F)(F)CN1Cc1ccc(OCc2cccc(F)c2)cc1. The van der Waals surface area contributed by atoms with E-state index in [4.69, 9.17) is 10.5 Å². The number of nitrogens with two attached hydrogens (primary N) is 1. The second kappa shape index (κ2) is 8.22. The van der Waals surface area contributed by atoms with Gasteiger partial charge in [-0.15, -0.1) is 0 Å². The van der Waals surface area contributed by atoms with Crippen LogP contribution in [0.2, 0.25) is 0 Å². The summed E-state index contributed by atoms with van der Waals surface area (Å²) < 4.78 is 46.2. The lowest BCUT2D eigenvalue weighted by Gasteiger charge is -2.22. The Balaban J connectivity index is 1.59. The molecule has 3 rings (SSSR count). The summed E-state index contributed by atoms with van der Waals surface area (Å²) in [4.78, 5) is 12.6. The van der Waals surface area contributed by atoms with E-state index in [-0.39, 0.29) is 19.0 Å². The summed E-state index contributed by atoms with van der Waals surface area (Å²) in [6.07, 6.45) is -0.393. The van der Waals surface area contributed by atoms with Gasteiger partial charge in [0.2, 0.25) is 0 Å².